The van der Waals surface area contributed by atoms with E-state index in [1.807, 2.05) is 6.92 Å². The lowest BCUT2D eigenvalue weighted by atomic mass is 10.1. The summed E-state index contributed by atoms with van der Waals surface area (Å²) in [6.45, 7) is 2.34. The predicted octanol–water partition coefficient (Wildman–Crippen LogP) is 5.70. The number of amides is 1. The van der Waals surface area contributed by atoms with Crippen LogP contribution in [0.3, 0.4) is 0 Å². The van der Waals surface area contributed by atoms with Crippen molar-refractivity contribution in [3.63, 3.8) is 0 Å². The summed E-state index contributed by atoms with van der Waals surface area (Å²) in [6, 6.07) is 9.15. The van der Waals surface area contributed by atoms with E-state index in [9.17, 15) is 23.2 Å². The fourth-order valence-corrected chi connectivity index (χ4v) is 2.79. The third-order valence-electron chi connectivity index (χ3n) is 3.86. The summed E-state index contributed by atoms with van der Waals surface area (Å²) >= 11 is 6.21. The average molecular weight is 439 g/mol. The van der Waals surface area contributed by atoms with Crippen LogP contribution in [0.15, 0.2) is 42.0 Å². The van der Waals surface area contributed by atoms with Crippen molar-refractivity contribution < 1.29 is 27.4 Å². The molecule has 1 N–H and O–H groups in total. The van der Waals surface area contributed by atoms with Gasteiger partial charge in [0.05, 0.1) is 30.0 Å². The van der Waals surface area contributed by atoms with Gasteiger partial charge in [-0.3, -0.25) is 4.79 Å². The monoisotopic (exact) mass is 438 g/mol. The van der Waals surface area contributed by atoms with E-state index in [-0.39, 0.29) is 5.02 Å². The number of nitrogens with one attached hydrogen (secondary N) is 1. The SMILES string of the molecule is CCCOc1c(Cl)cc(/C=C(\C#N)C(=O)Nc2ccccc2C(F)(F)F)cc1OC. The van der Waals surface area contributed by atoms with E-state index in [1.165, 1.54) is 37.5 Å². The van der Waals surface area contributed by atoms with Crippen LogP contribution in [0.4, 0.5) is 18.9 Å². The van der Waals surface area contributed by atoms with Crippen molar-refractivity contribution in [1.29, 1.82) is 5.26 Å². The van der Waals surface area contributed by atoms with Crippen molar-refractivity contribution in [3.8, 4) is 17.6 Å². The minimum atomic E-state index is -4.66. The summed E-state index contributed by atoms with van der Waals surface area (Å²) in [5.41, 5.74) is -1.53. The summed E-state index contributed by atoms with van der Waals surface area (Å²) in [5.74, 6) is -0.377. The Bertz CT molecular complexity index is 998. The average Bonchev–Trinajstić information content (AvgIpc) is 2.70. The van der Waals surface area contributed by atoms with Crippen LogP contribution in [0.2, 0.25) is 5.02 Å². The number of benzene rings is 2. The number of carbonyl (C=O) groups excluding carboxylic acids is 1. The minimum absolute atomic E-state index is 0.203. The van der Waals surface area contributed by atoms with Crippen molar-refractivity contribution in [3.05, 3.63) is 58.1 Å². The van der Waals surface area contributed by atoms with E-state index >= 15 is 0 Å². The Hall–Kier alpha value is -3.18. The third kappa shape index (κ3) is 5.67. The van der Waals surface area contributed by atoms with Crippen LogP contribution < -0.4 is 14.8 Å². The lowest BCUT2D eigenvalue weighted by Crippen LogP contribution is -2.17. The number of halogens is 4. The normalized spacial score (nSPS) is 11.6. The maximum atomic E-state index is 13.1. The molecule has 0 bridgehead atoms. The molecule has 0 aliphatic heterocycles. The number of anilines is 1. The predicted molar refractivity (Wildman–Crippen MR) is 107 cm³/mol. The number of hydrogen-bond donors (Lipinski definition) is 1. The summed E-state index contributed by atoms with van der Waals surface area (Å²) in [5, 5.41) is 11.7. The van der Waals surface area contributed by atoms with E-state index in [1.54, 1.807) is 6.07 Å². The molecular formula is C21H18ClF3N2O3. The molecule has 0 unspecified atom stereocenters. The largest absolute Gasteiger partial charge is 0.493 e. The molecule has 0 aromatic heterocycles. The third-order valence-corrected chi connectivity index (χ3v) is 4.14. The first-order valence-electron chi connectivity index (χ1n) is 8.81. The van der Waals surface area contributed by atoms with Crippen LogP contribution in [-0.2, 0) is 11.0 Å². The second kappa shape index (κ2) is 10.0. The van der Waals surface area contributed by atoms with Gasteiger partial charge in [0.2, 0.25) is 0 Å². The molecule has 0 aliphatic rings. The molecule has 9 heteroatoms. The Morgan fingerprint density at radius 1 is 1.30 bits per heavy atom. The second-order valence-electron chi connectivity index (χ2n) is 6.05. The highest BCUT2D eigenvalue weighted by atomic mass is 35.5. The molecule has 2 aromatic carbocycles. The number of methoxy groups -OCH3 is 1. The Morgan fingerprint density at radius 3 is 2.60 bits per heavy atom. The fourth-order valence-electron chi connectivity index (χ4n) is 2.51. The quantitative estimate of drug-likeness (QED) is 0.444. The lowest BCUT2D eigenvalue weighted by Gasteiger charge is -2.14. The smallest absolute Gasteiger partial charge is 0.418 e. The topological polar surface area (TPSA) is 71.3 Å². The van der Waals surface area contributed by atoms with E-state index < -0.39 is 28.9 Å². The maximum Gasteiger partial charge on any atom is 0.418 e. The molecule has 2 rings (SSSR count). The zero-order valence-electron chi connectivity index (χ0n) is 16.1. The summed E-state index contributed by atoms with van der Waals surface area (Å²) in [7, 11) is 1.41. The number of nitrogens with zero attached hydrogens (tertiary/aromatic N) is 1. The Balaban J connectivity index is 2.36. The molecule has 0 saturated heterocycles. The summed E-state index contributed by atoms with van der Waals surface area (Å²) < 4.78 is 50.1. The highest BCUT2D eigenvalue weighted by molar-refractivity contribution is 6.32. The van der Waals surface area contributed by atoms with Gasteiger partial charge in [0.1, 0.15) is 11.6 Å². The van der Waals surface area contributed by atoms with Crippen LogP contribution in [0.1, 0.15) is 24.5 Å². The van der Waals surface area contributed by atoms with Crippen molar-refractivity contribution in [1.82, 2.24) is 0 Å². The fraction of sp³-hybridized carbons (Fsp3) is 0.238. The highest BCUT2D eigenvalue weighted by Gasteiger charge is 2.33. The Kier molecular flexibility index (Phi) is 7.72. The molecule has 5 nitrogen and oxygen atoms in total. The standard InChI is InChI=1S/C21H18ClF3N2O3/c1-3-8-30-19-16(22)10-13(11-18(19)29-2)9-14(12-26)20(28)27-17-7-5-4-6-15(17)21(23,24)25/h4-7,9-11H,3,8H2,1-2H3,(H,27,28)/b14-9+. The van der Waals surface area contributed by atoms with Crippen molar-refractivity contribution in [2.75, 3.05) is 19.0 Å². The first-order chi connectivity index (χ1) is 14.2. The van der Waals surface area contributed by atoms with Gasteiger partial charge in [-0.25, -0.2) is 0 Å². The van der Waals surface area contributed by atoms with E-state index in [4.69, 9.17) is 21.1 Å². The number of nitriles is 1. The number of rotatable bonds is 7. The molecule has 0 saturated carbocycles. The van der Waals surface area contributed by atoms with Gasteiger partial charge < -0.3 is 14.8 Å². The molecule has 0 spiro atoms. The van der Waals surface area contributed by atoms with Crippen LogP contribution >= 0.6 is 11.6 Å². The Morgan fingerprint density at radius 2 is 2.00 bits per heavy atom. The maximum absolute atomic E-state index is 13.1. The molecule has 30 heavy (non-hydrogen) atoms. The first kappa shape index (κ1) is 23.1. The number of carbonyl (C=O) groups is 1. The molecule has 0 atom stereocenters. The van der Waals surface area contributed by atoms with Crippen LogP contribution in [-0.4, -0.2) is 19.6 Å². The van der Waals surface area contributed by atoms with Crippen molar-refractivity contribution in [2.24, 2.45) is 0 Å². The molecule has 0 radical (unpaired) electrons. The number of ether oxygens (including phenoxy) is 2. The summed E-state index contributed by atoms with van der Waals surface area (Å²) in [4.78, 5) is 12.4. The van der Waals surface area contributed by atoms with Gasteiger partial charge in [0.25, 0.3) is 5.91 Å². The van der Waals surface area contributed by atoms with Gasteiger partial charge in [0.15, 0.2) is 11.5 Å². The van der Waals surface area contributed by atoms with E-state index in [0.717, 1.165) is 18.6 Å². The molecular weight excluding hydrogens is 421 g/mol. The lowest BCUT2D eigenvalue weighted by molar-refractivity contribution is -0.137. The van der Waals surface area contributed by atoms with Crippen LogP contribution in [0, 0.1) is 11.3 Å². The zero-order valence-corrected chi connectivity index (χ0v) is 16.9. The number of alkyl halides is 3. The van der Waals surface area contributed by atoms with Crippen molar-refractivity contribution >= 4 is 29.3 Å². The summed E-state index contributed by atoms with van der Waals surface area (Å²) in [6.07, 6.45) is -2.71. The van der Waals surface area contributed by atoms with Gasteiger partial charge in [-0.2, -0.15) is 18.4 Å². The molecule has 0 fully saturated rings. The van der Waals surface area contributed by atoms with Gasteiger partial charge >= 0.3 is 6.18 Å². The number of para-hydroxylation sites is 1. The van der Waals surface area contributed by atoms with Gasteiger partial charge in [-0.05, 0) is 42.3 Å². The zero-order chi connectivity index (χ0) is 22.3. The van der Waals surface area contributed by atoms with Gasteiger partial charge in [0, 0.05) is 0 Å². The Labute approximate surface area is 176 Å². The molecule has 1 amide bonds. The van der Waals surface area contributed by atoms with Crippen LogP contribution in [0.25, 0.3) is 6.08 Å². The molecule has 158 valence electrons. The van der Waals surface area contributed by atoms with E-state index in [0.29, 0.717) is 23.7 Å². The minimum Gasteiger partial charge on any atom is -0.493 e. The molecule has 0 heterocycles. The highest BCUT2D eigenvalue weighted by Crippen LogP contribution is 2.37. The van der Waals surface area contributed by atoms with E-state index in [2.05, 4.69) is 5.32 Å². The van der Waals surface area contributed by atoms with Gasteiger partial charge in [-0.1, -0.05) is 30.7 Å². The van der Waals surface area contributed by atoms with Gasteiger partial charge in [-0.15, -0.1) is 0 Å². The van der Waals surface area contributed by atoms with Crippen LogP contribution in [0.5, 0.6) is 11.5 Å². The molecule has 2 aromatic rings. The molecule has 0 aliphatic carbocycles. The first-order valence-corrected chi connectivity index (χ1v) is 9.18. The second-order valence-corrected chi connectivity index (χ2v) is 6.46. The number of hydrogen-bond acceptors (Lipinski definition) is 4. The van der Waals surface area contributed by atoms with Crippen molar-refractivity contribution in [2.45, 2.75) is 19.5 Å².